The van der Waals surface area contributed by atoms with Crippen LogP contribution in [-0.4, -0.2) is 27.2 Å². The molecular weight excluding hydrogens is 452 g/mol. The van der Waals surface area contributed by atoms with Crippen LogP contribution in [0.1, 0.15) is 31.9 Å². The van der Waals surface area contributed by atoms with Crippen LogP contribution < -0.4 is 10.1 Å². The van der Waals surface area contributed by atoms with Crippen LogP contribution in [0.3, 0.4) is 0 Å². The number of aromatic nitrogens is 3. The minimum Gasteiger partial charge on any atom is -0.465 e. The van der Waals surface area contributed by atoms with Gasteiger partial charge in [-0.3, -0.25) is 0 Å². The van der Waals surface area contributed by atoms with Gasteiger partial charge in [0, 0.05) is 21.5 Å². The predicted molar refractivity (Wildman–Crippen MR) is 119 cm³/mol. The van der Waals surface area contributed by atoms with Crippen molar-refractivity contribution in [2.45, 2.75) is 37.6 Å². The summed E-state index contributed by atoms with van der Waals surface area (Å²) in [5, 5.41) is 12.8. The number of thioether (sulfide) groups is 1. The van der Waals surface area contributed by atoms with Gasteiger partial charge >= 0.3 is 0 Å². The highest BCUT2D eigenvalue weighted by molar-refractivity contribution is 9.10. The summed E-state index contributed by atoms with van der Waals surface area (Å²) in [7, 11) is 0. The van der Waals surface area contributed by atoms with Crippen LogP contribution in [0.2, 0.25) is 0 Å². The van der Waals surface area contributed by atoms with Gasteiger partial charge in [0.05, 0.1) is 6.26 Å². The second-order valence-electron chi connectivity index (χ2n) is 6.55. The molecule has 0 amide bonds. The lowest BCUT2D eigenvalue weighted by molar-refractivity contribution is 0.266. The van der Waals surface area contributed by atoms with Crippen molar-refractivity contribution < 1.29 is 9.15 Å². The maximum atomic E-state index is 6.16. The SMILES string of the molecule is CCCCCSc1nnc2c(n1)O[C@H](/C=C/c1ccco1)Nc1ccc(Br)cc1-2. The van der Waals surface area contributed by atoms with Crippen LogP contribution in [0.4, 0.5) is 5.69 Å². The Bertz CT molecular complexity index is 994. The summed E-state index contributed by atoms with van der Waals surface area (Å²) in [5.41, 5.74) is 2.42. The maximum Gasteiger partial charge on any atom is 0.247 e. The molecule has 1 aromatic carbocycles. The van der Waals surface area contributed by atoms with Crippen LogP contribution in [0.25, 0.3) is 17.3 Å². The van der Waals surface area contributed by atoms with Gasteiger partial charge in [0.2, 0.25) is 11.0 Å². The molecule has 1 aliphatic heterocycles. The second-order valence-corrected chi connectivity index (χ2v) is 8.53. The molecule has 0 spiro atoms. The van der Waals surface area contributed by atoms with E-state index in [-0.39, 0.29) is 0 Å². The number of nitrogens with one attached hydrogen (secondary N) is 1. The van der Waals surface area contributed by atoms with Crippen LogP contribution in [0, 0.1) is 0 Å². The minimum atomic E-state index is -0.420. The molecule has 1 atom stereocenters. The average Bonchev–Trinajstić information content (AvgIpc) is 3.19. The van der Waals surface area contributed by atoms with Gasteiger partial charge in [-0.25, -0.2) is 0 Å². The molecule has 1 N–H and O–H groups in total. The number of benzene rings is 1. The quantitative estimate of drug-likeness (QED) is 0.332. The van der Waals surface area contributed by atoms with E-state index in [1.807, 2.05) is 42.5 Å². The molecule has 0 bridgehead atoms. The molecule has 2 aromatic heterocycles. The lowest BCUT2D eigenvalue weighted by Crippen LogP contribution is -2.23. The Morgan fingerprint density at radius 1 is 1.24 bits per heavy atom. The Morgan fingerprint density at radius 2 is 2.17 bits per heavy atom. The fourth-order valence-corrected chi connectivity index (χ4v) is 4.06. The maximum absolute atomic E-state index is 6.16. The van der Waals surface area contributed by atoms with Crippen LogP contribution in [-0.2, 0) is 0 Å². The third kappa shape index (κ3) is 5.00. The van der Waals surface area contributed by atoms with E-state index < -0.39 is 6.23 Å². The molecule has 8 heteroatoms. The Balaban J connectivity index is 1.64. The normalized spacial score (nSPS) is 15.3. The largest absolute Gasteiger partial charge is 0.465 e. The summed E-state index contributed by atoms with van der Waals surface area (Å²) in [5.74, 6) is 2.19. The number of nitrogens with zero attached hydrogens (tertiary/aromatic N) is 3. The Morgan fingerprint density at radius 3 is 3.00 bits per heavy atom. The summed E-state index contributed by atoms with van der Waals surface area (Å²) in [6.45, 7) is 2.19. The van der Waals surface area contributed by atoms with Crippen molar-refractivity contribution >= 4 is 39.5 Å². The first-order chi connectivity index (χ1) is 14.2. The first-order valence-electron chi connectivity index (χ1n) is 9.55. The molecule has 0 aliphatic carbocycles. The topological polar surface area (TPSA) is 73.1 Å². The molecule has 3 aromatic rings. The smallest absolute Gasteiger partial charge is 0.247 e. The third-order valence-electron chi connectivity index (χ3n) is 4.37. The van der Waals surface area contributed by atoms with Crippen molar-refractivity contribution in [3.63, 3.8) is 0 Å². The fourth-order valence-electron chi connectivity index (χ4n) is 2.92. The fraction of sp³-hybridized carbons (Fsp3) is 0.286. The number of hydrogen-bond acceptors (Lipinski definition) is 7. The van der Waals surface area contributed by atoms with Gasteiger partial charge in [-0.05, 0) is 48.9 Å². The standard InChI is InChI=1S/C21H21BrN4O2S/c1-2-3-4-12-29-21-24-20-19(25-26-21)16-13-14(22)7-9-17(16)23-18(28-20)10-8-15-6-5-11-27-15/h5-11,13,18,23H,2-4,12H2,1H3/b10-8+/t18-/m1/s1. The van der Waals surface area contributed by atoms with E-state index >= 15 is 0 Å². The highest BCUT2D eigenvalue weighted by Gasteiger charge is 2.24. The van der Waals surface area contributed by atoms with E-state index in [0.717, 1.165) is 33.7 Å². The van der Waals surface area contributed by atoms with Crippen LogP contribution in [0.15, 0.2) is 56.7 Å². The number of unbranched alkanes of at least 4 members (excludes halogenated alkanes) is 2. The number of hydrogen-bond donors (Lipinski definition) is 1. The summed E-state index contributed by atoms with van der Waals surface area (Å²) < 4.78 is 12.5. The predicted octanol–water partition coefficient (Wildman–Crippen LogP) is 6.02. The zero-order chi connectivity index (χ0) is 20.1. The van der Waals surface area contributed by atoms with Gasteiger partial charge in [0.25, 0.3) is 0 Å². The molecule has 150 valence electrons. The van der Waals surface area contributed by atoms with E-state index in [1.54, 1.807) is 18.0 Å². The molecule has 0 unspecified atom stereocenters. The van der Waals surface area contributed by atoms with Gasteiger partial charge < -0.3 is 14.5 Å². The molecule has 4 rings (SSSR count). The second kappa shape index (κ2) is 9.45. The zero-order valence-electron chi connectivity index (χ0n) is 16.0. The summed E-state index contributed by atoms with van der Waals surface area (Å²) in [6.07, 6.45) is 8.51. The highest BCUT2D eigenvalue weighted by atomic mass is 79.9. The highest BCUT2D eigenvalue weighted by Crippen LogP contribution is 2.38. The Kier molecular flexibility index (Phi) is 6.51. The molecule has 0 saturated heterocycles. The molecule has 6 nitrogen and oxygen atoms in total. The molecule has 0 saturated carbocycles. The van der Waals surface area contributed by atoms with Crippen molar-refractivity contribution in [3.8, 4) is 17.1 Å². The Labute approximate surface area is 182 Å². The summed E-state index contributed by atoms with van der Waals surface area (Å²) in [6, 6.07) is 9.69. The zero-order valence-corrected chi connectivity index (χ0v) is 18.4. The first kappa shape index (κ1) is 20.0. The van der Waals surface area contributed by atoms with E-state index in [1.165, 1.54) is 12.8 Å². The van der Waals surface area contributed by atoms with Crippen molar-refractivity contribution in [3.05, 3.63) is 52.9 Å². The molecular formula is C21H21BrN4O2S. The third-order valence-corrected chi connectivity index (χ3v) is 5.78. The van der Waals surface area contributed by atoms with Gasteiger partial charge in [-0.15, -0.1) is 10.2 Å². The van der Waals surface area contributed by atoms with Crippen molar-refractivity contribution in [2.75, 3.05) is 11.1 Å². The van der Waals surface area contributed by atoms with E-state index in [4.69, 9.17) is 9.15 Å². The molecule has 29 heavy (non-hydrogen) atoms. The van der Waals surface area contributed by atoms with Gasteiger partial charge in [-0.2, -0.15) is 4.98 Å². The van der Waals surface area contributed by atoms with Crippen LogP contribution in [0.5, 0.6) is 5.88 Å². The van der Waals surface area contributed by atoms with E-state index in [2.05, 4.69) is 43.4 Å². The molecule has 0 fully saturated rings. The van der Waals surface area contributed by atoms with Gasteiger partial charge in [0.15, 0.2) is 11.9 Å². The number of rotatable bonds is 7. The van der Waals surface area contributed by atoms with Gasteiger partial charge in [-0.1, -0.05) is 47.5 Å². The van der Waals surface area contributed by atoms with Crippen molar-refractivity contribution in [1.29, 1.82) is 0 Å². The number of anilines is 1. The number of ether oxygens (including phenoxy) is 1. The van der Waals surface area contributed by atoms with Gasteiger partial charge in [0.1, 0.15) is 5.76 Å². The van der Waals surface area contributed by atoms with E-state index in [9.17, 15) is 0 Å². The monoisotopic (exact) mass is 472 g/mol. The van der Waals surface area contributed by atoms with E-state index in [0.29, 0.717) is 16.7 Å². The number of fused-ring (bicyclic) bond motifs is 3. The lowest BCUT2D eigenvalue weighted by Gasteiger charge is -2.15. The summed E-state index contributed by atoms with van der Waals surface area (Å²) in [4.78, 5) is 4.65. The molecule has 1 aliphatic rings. The van der Waals surface area contributed by atoms with Crippen molar-refractivity contribution in [2.24, 2.45) is 0 Å². The first-order valence-corrected chi connectivity index (χ1v) is 11.3. The minimum absolute atomic E-state index is 0.420. The molecule has 0 radical (unpaired) electrons. The summed E-state index contributed by atoms with van der Waals surface area (Å²) >= 11 is 5.15. The Hall–Kier alpha value is -2.32. The lowest BCUT2D eigenvalue weighted by atomic mass is 10.1. The number of furan rings is 1. The number of halogens is 1. The van der Waals surface area contributed by atoms with Crippen molar-refractivity contribution in [1.82, 2.24) is 15.2 Å². The van der Waals surface area contributed by atoms with Crippen LogP contribution >= 0.6 is 27.7 Å². The molecule has 3 heterocycles. The average molecular weight is 473 g/mol.